The van der Waals surface area contributed by atoms with Gasteiger partial charge in [-0.3, -0.25) is 4.79 Å². The van der Waals surface area contributed by atoms with E-state index in [9.17, 15) is 13.6 Å². The smallest absolute Gasteiger partial charge is 0.305 e. The monoisotopic (exact) mass is 394 g/mol. The molecule has 1 saturated carbocycles. The molecule has 28 heavy (non-hydrogen) atoms. The summed E-state index contributed by atoms with van der Waals surface area (Å²) in [5.41, 5.74) is 1.02. The Labute approximate surface area is 162 Å². The van der Waals surface area contributed by atoms with Gasteiger partial charge in [-0.2, -0.15) is 0 Å². The second kappa shape index (κ2) is 9.68. The molecule has 1 aromatic heterocycles. The number of hydrogen-bond acceptors (Lipinski definition) is 5. The van der Waals surface area contributed by atoms with Gasteiger partial charge in [0, 0.05) is 24.2 Å². The molecule has 1 aliphatic rings. The fourth-order valence-corrected chi connectivity index (χ4v) is 2.78. The summed E-state index contributed by atoms with van der Waals surface area (Å²) >= 11 is 0. The zero-order valence-electron chi connectivity index (χ0n) is 15.8. The molecule has 0 spiro atoms. The van der Waals surface area contributed by atoms with Gasteiger partial charge in [-0.05, 0) is 50.3 Å². The fourth-order valence-electron chi connectivity index (χ4n) is 2.78. The number of carbonyl (C=O) groups is 1. The quantitative estimate of drug-likeness (QED) is 0.402. The molecular weight excluding hydrogens is 370 g/mol. The summed E-state index contributed by atoms with van der Waals surface area (Å²) in [6, 6.07) is 4.08. The lowest BCUT2D eigenvalue weighted by atomic mass is 10.1. The van der Waals surface area contributed by atoms with Crippen molar-refractivity contribution in [3.63, 3.8) is 0 Å². The van der Waals surface area contributed by atoms with Gasteiger partial charge in [0.15, 0.2) is 17.4 Å². The van der Waals surface area contributed by atoms with E-state index in [0.717, 1.165) is 5.56 Å². The number of ether oxygens (including phenoxy) is 3. The average molecular weight is 394 g/mol. The molecule has 0 atom stereocenters. The van der Waals surface area contributed by atoms with Gasteiger partial charge in [0.05, 0.1) is 26.1 Å². The minimum absolute atomic E-state index is 0.00695. The van der Waals surface area contributed by atoms with E-state index in [4.69, 9.17) is 18.6 Å². The van der Waals surface area contributed by atoms with Crippen LogP contribution in [0.3, 0.4) is 0 Å². The van der Waals surface area contributed by atoms with Crippen molar-refractivity contribution in [2.75, 3.05) is 19.8 Å². The Bertz CT molecular complexity index is 775. The highest BCUT2D eigenvalue weighted by atomic mass is 19.1. The summed E-state index contributed by atoms with van der Waals surface area (Å²) in [5, 5.41) is 0. The van der Waals surface area contributed by atoms with Crippen LogP contribution in [0.5, 0.6) is 5.75 Å². The van der Waals surface area contributed by atoms with Crippen molar-refractivity contribution >= 4 is 5.97 Å². The van der Waals surface area contributed by atoms with Gasteiger partial charge in [-0.1, -0.05) is 0 Å². The molecule has 0 aliphatic heterocycles. The van der Waals surface area contributed by atoms with Crippen molar-refractivity contribution in [3.8, 4) is 17.1 Å². The molecule has 2 aromatic rings. The van der Waals surface area contributed by atoms with Gasteiger partial charge in [0.1, 0.15) is 5.76 Å². The number of halogens is 2. The highest BCUT2D eigenvalue weighted by molar-refractivity contribution is 5.69. The molecule has 152 valence electrons. The molecule has 5 nitrogen and oxygen atoms in total. The van der Waals surface area contributed by atoms with Crippen LogP contribution in [0.15, 0.2) is 28.9 Å². The molecule has 0 unspecified atom stereocenters. The first-order valence-corrected chi connectivity index (χ1v) is 9.50. The lowest BCUT2D eigenvalue weighted by molar-refractivity contribution is -0.143. The summed E-state index contributed by atoms with van der Waals surface area (Å²) in [6.45, 7) is 3.03. The number of benzene rings is 1. The van der Waals surface area contributed by atoms with Crippen molar-refractivity contribution in [3.05, 3.63) is 41.7 Å². The van der Waals surface area contributed by atoms with Gasteiger partial charge in [-0.15, -0.1) is 0 Å². The topological polar surface area (TPSA) is 57.9 Å². The Kier molecular flexibility index (Phi) is 7.03. The first-order chi connectivity index (χ1) is 13.6. The van der Waals surface area contributed by atoms with Gasteiger partial charge in [0.2, 0.25) is 0 Å². The van der Waals surface area contributed by atoms with Gasteiger partial charge in [0.25, 0.3) is 0 Å². The molecule has 0 saturated heterocycles. The summed E-state index contributed by atoms with van der Waals surface area (Å²) in [6.07, 6.45) is 4.29. The Morgan fingerprint density at radius 1 is 1.25 bits per heavy atom. The zero-order chi connectivity index (χ0) is 19.9. The molecule has 1 aromatic carbocycles. The Balaban J connectivity index is 1.60. The first-order valence-electron chi connectivity index (χ1n) is 9.50. The van der Waals surface area contributed by atoms with Crippen LogP contribution in [0.2, 0.25) is 0 Å². The van der Waals surface area contributed by atoms with Crippen molar-refractivity contribution in [2.24, 2.45) is 5.92 Å². The lowest BCUT2D eigenvalue weighted by Gasteiger charge is -2.10. The molecule has 0 N–H and O–H groups in total. The molecule has 0 amide bonds. The maximum absolute atomic E-state index is 14.4. The zero-order valence-corrected chi connectivity index (χ0v) is 15.8. The predicted molar refractivity (Wildman–Crippen MR) is 97.8 cm³/mol. The summed E-state index contributed by atoms with van der Waals surface area (Å²) in [7, 11) is 0. The van der Waals surface area contributed by atoms with Crippen LogP contribution in [-0.4, -0.2) is 25.8 Å². The van der Waals surface area contributed by atoms with Gasteiger partial charge < -0.3 is 18.6 Å². The molecule has 1 fully saturated rings. The summed E-state index contributed by atoms with van der Waals surface area (Å²) < 4.78 is 49.8. The first kappa shape index (κ1) is 20.3. The standard InChI is InChI=1S/C21H24F2O5/c1-2-26-19(24)4-3-8-27-21-17(22)10-16(11-18(21)23)20-15(7-9-28-20)13-25-12-14-5-6-14/h7,9-11,14H,2-6,8,12-13H2,1H3. The third-order valence-corrected chi connectivity index (χ3v) is 4.39. The second-order valence-electron chi connectivity index (χ2n) is 6.76. The minimum atomic E-state index is -0.826. The third-order valence-electron chi connectivity index (χ3n) is 4.39. The number of carbonyl (C=O) groups excluding carboxylic acids is 1. The lowest BCUT2D eigenvalue weighted by Crippen LogP contribution is -2.08. The van der Waals surface area contributed by atoms with Gasteiger partial charge in [-0.25, -0.2) is 8.78 Å². The predicted octanol–water partition coefficient (Wildman–Crippen LogP) is 4.87. The molecule has 0 radical (unpaired) electrons. The van der Waals surface area contributed by atoms with E-state index >= 15 is 0 Å². The average Bonchev–Trinajstić information content (AvgIpc) is 3.36. The van der Waals surface area contributed by atoms with Gasteiger partial charge >= 0.3 is 5.97 Å². The Hall–Kier alpha value is -2.41. The van der Waals surface area contributed by atoms with E-state index in [0.29, 0.717) is 37.9 Å². The Morgan fingerprint density at radius 3 is 2.68 bits per heavy atom. The SMILES string of the molecule is CCOC(=O)CCCOc1c(F)cc(-c2occc2COCC2CC2)cc1F. The van der Waals surface area contributed by atoms with Crippen molar-refractivity contribution in [1.82, 2.24) is 0 Å². The van der Waals surface area contributed by atoms with Crippen LogP contribution < -0.4 is 4.74 Å². The summed E-state index contributed by atoms with van der Waals surface area (Å²) in [5.74, 6) is -1.48. The van der Waals surface area contributed by atoms with E-state index in [1.54, 1.807) is 13.0 Å². The highest BCUT2D eigenvalue weighted by Gasteiger charge is 2.22. The third kappa shape index (κ3) is 5.55. The van der Waals surface area contributed by atoms with E-state index in [1.165, 1.54) is 31.2 Å². The molecule has 0 bridgehead atoms. The molecule has 1 heterocycles. The molecular formula is C21H24F2O5. The molecule has 1 aliphatic carbocycles. The number of rotatable bonds is 11. The highest BCUT2D eigenvalue weighted by Crippen LogP contribution is 2.33. The van der Waals surface area contributed by atoms with E-state index in [2.05, 4.69) is 0 Å². The van der Waals surface area contributed by atoms with Crippen LogP contribution in [0.25, 0.3) is 11.3 Å². The summed E-state index contributed by atoms with van der Waals surface area (Å²) in [4.78, 5) is 11.3. The van der Waals surface area contributed by atoms with Crippen LogP contribution >= 0.6 is 0 Å². The number of hydrogen-bond donors (Lipinski definition) is 0. The van der Waals surface area contributed by atoms with Crippen molar-refractivity contribution < 1.29 is 32.2 Å². The largest absolute Gasteiger partial charge is 0.488 e. The van der Waals surface area contributed by atoms with Crippen molar-refractivity contribution in [1.29, 1.82) is 0 Å². The number of esters is 1. The van der Waals surface area contributed by atoms with Crippen LogP contribution in [0.4, 0.5) is 8.78 Å². The van der Waals surface area contributed by atoms with Crippen LogP contribution in [0, 0.1) is 17.6 Å². The van der Waals surface area contributed by atoms with E-state index in [-0.39, 0.29) is 24.6 Å². The fraction of sp³-hybridized carbons (Fsp3) is 0.476. The van der Waals surface area contributed by atoms with Crippen LogP contribution in [0.1, 0.15) is 38.2 Å². The molecule has 7 heteroatoms. The van der Waals surface area contributed by atoms with E-state index < -0.39 is 17.4 Å². The van der Waals surface area contributed by atoms with E-state index in [1.807, 2.05) is 0 Å². The Morgan fingerprint density at radius 2 is 2.00 bits per heavy atom. The van der Waals surface area contributed by atoms with Crippen LogP contribution in [-0.2, 0) is 20.9 Å². The number of furan rings is 1. The maximum atomic E-state index is 14.4. The normalized spacial score (nSPS) is 13.5. The minimum Gasteiger partial charge on any atom is -0.488 e. The molecule has 3 rings (SSSR count). The van der Waals surface area contributed by atoms with Crippen molar-refractivity contribution in [2.45, 2.75) is 39.2 Å². The maximum Gasteiger partial charge on any atom is 0.305 e. The second-order valence-corrected chi connectivity index (χ2v) is 6.76.